The third kappa shape index (κ3) is 5.56. The van der Waals surface area contributed by atoms with Crippen LogP contribution in [-0.2, 0) is 14.8 Å². The van der Waals surface area contributed by atoms with E-state index in [1.165, 1.54) is 0 Å². The van der Waals surface area contributed by atoms with Crippen LogP contribution in [0.3, 0.4) is 0 Å². The first kappa shape index (κ1) is 25.0. The average molecular weight is 488 g/mol. The van der Waals surface area contributed by atoms with Crippen molar-refractivity contribution < 1.29 is 13.2 Å². The molecule has 1 aliphatic carbocycles. The SMILES string of the molecule is CC(C)COC1CCCN(S(=O)(=O)C[C@H]2CC[C@H](N(C)c3c(C#N)cnc4[nH]ccc34)CC2)C1. The minimum Gasteiger partial charge on any atom is -0.377 e. The van der Waals surface area contributed by atoms with Gasteiger partial charge in [0.15, 0.2) is 0 Å². The second-order valence-corrected chi connectivity index (χ2v) is 12.3. The summed E-state index contributed by atoms with van der Waals surface area (Å²) in [6.07, 6.45) is 8.85. The highest BCUT2D eigenvalue weighted by atomic mass is 32.2. The number of fused-ring (bicyclic) bond motifs is 1. The summed E-state index contributed by atoms with van der Waals surface area (Å²) in [7, 11) is -1.25. The minimum atomic E-state index is -3.29. The fourth-order valence-electron chi connectivity index (χ4n) is 5.36. The molecule has 2 aliphatic rings. The summed E-state index contributed by atoms with van der Waals surface area (Å²) in [4.78, 5) is 9.66. The number of anilines is 1. The number of hydrogen-bond donors (Lipinski definition) is 1. The Bertz CT molecular complexity index is 1120. The molecule has 4 rings (SSSR count). The van der Waals surface area contributed by atoms with Gasteiger partial charge in [0.1, 0.15) is 11.7 Å². The number of nitrogens with one attached hydrogen (secondary N) is 1. The van der Waals surface area contributed by atoms with E-state index in [-0.39, 0.29) is 23.8 Å². The van der Waals surface area contributed by atoms with E-state index in [9.17, 15) is 13.7 Å². The summed E-state index contributed by atoms with van der Waals surface area (Å²) in [5.41, 5.74) is 2.25. The lowest BCUT2D eigenvalue weighted by Crippen LogP contribution is -2.46. The molecule has 8 nitrogen and oxygen atoms in total. The molecule has 1 saturated carbocycles. The first-order valence-corrected chi connectivity index (χ1v) is 14.1. The van der Waals surface area contributed by atoms with Gasteiger partial charge < -0.3 is 14.6 Å². The Morgan fingerprint density at radius 1 is 1.29 bits per heavy atom. The molecule has 34 heavy (non-hydrogen) atoms. The standard InChI is InChI=1S/C25H37N5O3S/c1-18(2)16-33-22-5-4-12-30(15-22)34(31,32)17-19-6-8-21(9-7-19)29(3)24-20(13-26)14-28-25-23(24)10-11-27-25/h10-11,14,18-19,21-22H,4-9,12,15-17H2,1-3H3,(H,27,28)/t19-,21-,22?. The third-order valence-corrected chi connectivity index (χ3v) is 9.25. The molecule has 0 spiro atoms. The molecule has 3 heterocycles. The van der Waals surface area contributed by atoms with Crippen molar-refractivity contribution in [2.45, 2.75) is 64.5 Å². The lowest BCUT2D eigenvalue weighted by Gasteiger charge is -2.37. The highest BCUT2D eigenvalue weighted by Crippen LogP contribution is 2.35. The number of rotatable bonds is 8. The quantitative estimate of drug-likeness (QED) is 0.606. The van der Waals surface area contributed by atoms with Gasteiger partial charge in [-0.05, 0) is 56.4 Å². The summed E-state index contributed by atoms with van der Waals surface area (Å²) >= 11 is 0. The molecule has 1 saturated heterocycles. The average Bonchev–Trinajstić information content (AvgIpc) is 3.31. The fourth-order valence-corrected chi connectivity index (χ4v) is 7.30. The van der Waals surface area contributed by atoms with Crippen molar-refractivity contribution in [1.29, 1.82) is 5.26 Å². The van der Waals surface area contributed by atoms with Gasteiger partial charge in [-0.3, -0.25) is 0 Å². The molecule has 1 unspecified atom stereocenters. The summed E-state index contributed by atoms with van der Waals surface area (Å²) < 4.78 is 34.0. The topological polar surface area (TPSA) is 102 Å². The van der Waals surface area contributed by atoms with E-state index in [1.54, 1.807) is 10.5 Å². The maximum Gasteiger partial charge on any atom is 0.214 e. The van der Waals surface area contributed by atoms with Gasteiger partial charge in [0.25, 0.3) is 0 Å². The van der Waals surface area contributed by atoms with Crippen LogP contribution in [0.2, 0.25) is 0 Å². The summed E-state index contributed by atoms with van der Waals surface area (Å²) in [6.45, 7) is 5.99. The Hall–Kier alpha value is -2.15. The van der Waals surface area contributed by atoms with Crippen molar-refractivity contribution in [3.63, 3.8) is 0 Å². The predicted molar refractivity (Wildman–Crippen MR) is 134 cm³/mol. The lowest BCUT2D eigenvalue weighted by atomic mass is 9.86. The fraction of sp³-hybridized carbons (Fsp3) is 0.680. The number of aromatic amines is 1. The van der Waals surface area contributed by atoms with Crippen LogP contribution in [-0.4, -0.2) is 67.3 Å². The van der Waals surface area contributed by atoms with Gasteiger partial charge >= 0.3 is 0 Å². The van der Waals surface area contributed by atoms with Crippen LogP contribution >= 0.6 is 0 Å². The van der Waals surface area contributed by atoms with Crippen molar-refractivity contribution in [2.24, 2.45) is 11.8 Å². The van der Waals surface area contributed by atoms with Crippen molar-refractivity contribution in [3.05, 3.63) is 24.0 Å². The smallest absolute Gasteiger partial charge is 0.214 e. The predicted octanol–water partition coefficient (Wildman–Crippen LogP) is 3.90. The number of nitrogens with zero attached hydrogens (tertiary/aromatic N) is 4. The van der Waals surface area contributed by atoms with Crippen LogP contribution in [0.4, 0.5) is 5.69 Å². The Morgan fingerprint density at radius 3 is 2.76 bits per heavy atom. The van der Waals surface area contributed by atoms with E-state index in [1.807, 2.05) is 19.3 Å². The van der Waals surface area contributed by atoms with Gasteiger partial charge in [-0.1, -0.05) is 13.8 Å². The second-order valence-electron chi connectivity index (χ2n) is 10.3. The largest absolute Gasteiger partial charge is 0.377 e. The molecule has 1 atom stereocenters. The molecular formula is C25H37N5O3S. The number of hydrogen-bond acceptors (Lipinski definition) is 6. The molecule has 2 aromatic heterocycles. The summed E-state index contributed by atoms with van der Waals surface area (Å²) in [5.74, 6) is 0.845. The number of nitriles is 1. The second kappa shape index (κ2) is 10.6. The minimum absolute atomic E-state index is 0.00951. The molecule has 0 amide bonds. The van der Waals surface area contributed by atoms with Crippen molar-refractivity contribution in [2.75, 3.05) is 37.4 Å². The number of sulfonamides is 1. The first-order valence-electron chi connectivity index (χ1n) is 12.5. The molecular weight excluding hydrogens is 450 g/mol. The monoisotopic (exact) mass is 487 g/mol. The van der Waals surface area contributed by atoms with Gasteiger partial charge in [-0.15, -0.1) is 0 Å². The van der Waals surface area contributed by atoms with Gasteiger partial charge in [-0.25, -0.2) is 13.4 Å². The highest BCUT2D eigenvalue weighted by molar-refractivity contribution is 7.89. The van der Waals surface area contributed by atoms with E-state index in [0.29, 0.717) is 31.2 Å². The van der Waals surface area contributed by atoms with Gasteiger partial charge in [0, 0.05) is 50.6 Å². The molecule has 0 bridgehead atoms. The first-order chi connectivity index (χ1) is 16.3. The third-order valence-electron chi connectivity index (χ3n) is 7.24. The van der Waals surface area contributed by atoms with E-state index in [2.05, 4.69) is 34.8 Å². The van der Waals surface area contributed by atoms with Crippen molar-refractivity contribution in [1.82, 2.24) is 14.3 Å². The maximum atomic E-state index is 13.2. The molecule has 0 radical (unpaired) electrons. The van der Waals surface area contributed by atoms with Crippen LogP contribution in [0.5, 0.6) is 0 Å². The van der Waals surface area contributed by atoms with Crippen LogP contribution < -0.4 is 4.90 Å². The molecule has 0 aromatic carbocycles. The van der Waals surface area contributed by atoms with Crippen LogP contribution in [0.15, 0.2) is 18.5 Å². The summed E-state index contributed by atoms with van der Waals surface area (Å²) in [6, 6.07) is 4.51. The Balaban J connectivity index is 1.35. The number of aromatic nitrogens is 2. The zero-order valence-corrected chi connectivity index (χ0v) is 21.4. The molecule has 186 valence electrons. The van der Waals surface area contributed by atoms with Gasteiger partial charge in [0.2, 0.25) is 10.0 Å². The van der Waals surface area contributed by atoms with E-state index < -0.39 is 10.0 Å². The lowest BCUT2D eigenvalue weighted by molar-refractivity contribution is 0.00547. The molecule has 2 aromatic rings. The highest BCUT2D eigenvalue weighted by Gasteiger charge is 2.34. The number of piperidine rings is 1. The van der Waals surface area contributed by atoms with E-state index in [0.717, 1.165) is 55.2 Å². The molecule has 2 fully saturated rings. The maximum absolute atomic E-state index is 13.2. The molecule has 1 aliphatic heterocycles. The van der Waals surface area contributed by atoms with Crippen LogP contribution in [0.1, 0.15) is 57.9 Å². The zero-order chi connectivity index (χ0) is 24.3. The van der Waals surface area contributed by atoms with Crippen LogP contribution in [0.25, 0.3) is 11.0 Å². The van der Waals surface area contributed by atoms with Gasteiger partial charge in [0.05, 0.1) is 23.1 Å². The van der Waals surface area contributed by atoms with Crippen LogP contribution in [0, 0.1) is 23.2 Å². The van der Waals surface area contributed by atoms with E-state index >= 15 is 0 Å². The van der Waals surface area contributed by atoms with E-state index in [4.69, 9.17) is 4.74 Å². The number of ether oxygens (including phenoxy) is 1. The van der Waals surface area contributed by atoms with Crippen molar-refractivity contribution in [3.8, 4) is 6.07 Å². The van der Waals surface area contributed by atoms with Crippen molar-refractivity contribution >= 4 is 26.7 Å². The Kier molecular flexibility index (Phi) is 7.80. The Labute approximate surface area is 203 Å². The molecule has 9 heteroatoms. The summed E-state index contributed by atoms with van der Waals surface area (Å²) in [5, 5.41) is 10.6. The zero-order valence-electron chi connectivity index (χ0n) is 20.5. The normalized spacial score (nSPS) is 24.4. The Morgan fingerprint density at radius 2 is 2.06 bits per heavy atom. The molecule has 1 N–H and O–H groups in total. The number of pyridine rings is 1. The number of H-pyrrole nitrogens is 1. The van der Waals surface area contributed by atoms with Gasteiger partial charge in [-0.2, -0.15) is 9.57 Å².